The van der Waals surface area contributed by atoms with Gasteiger partial charge in [-0.05, 0) is 43.2 Å². The van der Waals surface area contributed by atoms with Gasteiger partial charge in [-0.1, -0.05) is 29.0 Å². The van der Waals surface area contributed by atoms with Gasteiger partial charge in [-0.3, -0.25) is 0 Å². The molecule has 0 bridgehead atoms. The second-order valence-corrected chi connectivity index (χ2v) is 10.1. The number of hydrogen-bond donors (Lipinski definition) is 0. The highest BCUT2D eigenvalue weighted by atomic mass is 35.5. The van der Waals surface area contributed by atoms with Crippen LogP contribution in [0, 0.1) is 13.8 Å². The highest BCUT2D eigenvalue weighted by molar-refractivity contribution is 7.92. The van der Waals surface area contributed by atoms with Gasteiger partial charge in [-0.2, -0.15) is 8.42 Å². The number of thiazole rings is 1. The summed E-state index contributed by atoms with van der Waals surface area (Å²) in [6.45, 7) is 5.03. The monoisotopic (exact) mass is 416 g/mol. The molecule has 3 rings (SSSR count). The summed E-state index contributed by atoms with van der Waals surface area (Å²) >= 11 is 8.24. The van der Waals surface area contributed by atoms with Gasteiger partial charge in [0.2, 0.25) is 4.80 Å². The van der Waals surface area contributed by atoms with Crippen molar-refractivity contribution in [2.45, 2.75) is 24.6 Å². The van der Waals surface area contributed by atoms with Crippen LogP contribution in [0.3, 0.4) is 0 Å². The van der Waals surface area contributed by atoms with Crippen molar-refractivity contribution in [3.05, 3.63) is 44.5 Å². The number of methoxy groups -OCH3 is 1. The summed E-state index contributed by atoms with van der Waals surface area (Å²) in [7, 11) is -2.18. The molecule has 5 nitrogen and oxygen atoms in total. The van der Waals surface area contributed by atoms with Gasteiger partial charge < -0.3 is 9.30 Å². The van der Waals surface area contributed by atoms with Crippen molar-refractivity contribution in [2.75, 3.05) is 13.7 Å². The Morgan fingerprint density at radius 2 is 2.00 bits per heavy atom. The fourth-order valence-electron chi connectivity index (χ4n) is 2.57. The van der Waals surface area contributed by atoms with Crippen LogP contribution in [-0.2, 0) is 21.3 Å². The zero-order chi connectivity index (χ0) is 18.2. The maximum Gasteiger partial charge on any atom is 0.294 e. The Kier molecular flexibility index (Phi) is 5.36. The number of hydrogen-bond acceptors (Lipinski definition) is 5. The van der Waals surface area contributed by atoms with Crippen LogP contribution in [-0.4, -0.2) is 26.7 Å². The van der Waals surface area contributed by atoms with E-state index in [1.54, 1.807) is 13.2 Å². The van der Waals surface area contributed by atoms with Gasteiger partial charge in [-0.15, -0.1) is 15.7 Å². The van der Waals surface area contributed by atoms with Gasteiger partial charge >= 0.3 is 0 Å². The van der Waals surface area contributed by atoms with Crippen molar-refractivity contribution < 1.29 is 13.2 Å². The minimum absolute atomic E-state index is 0.140. The van der Waals surface area contributed by atoms with Crippen LogP contribution >= 0.6 is 34.3 Å². The average Bonchev–Trinajstić information content (AvgIpc) is 3.10. The Labute approximate surface area is 159 Å². The van der Waals surface area contributed by atoms with Crippen LogP contribution in [0.15, 0.2) is 32.9 Å². The number of thiophene rings is 1. The van der Waals surface area contributed by atoms with Crippen LogP contribution in [0.5, 0.6) is 0 Å². The van der Waals surface area contributed by atoms with Gasteiger partial charge in [0.1, 0.15) is 4.21 Å². The molecule has 9 heteroatoms. The number of aryl methyl sites for hydroxylation is 2. The van der Waals surface area contributed by atoms with E-state index < -0.39 is 10.0 Å². The van der Waals surface area contributed by atoms with Gasteiger partial charge in [0, 0.05) is 13.7 Å². The predicted octanol–water partition coefficient (Wildman–Crippen LogP) is 3.97. The largest absolute Gasteiger partial charge is 0.383 e. The Morgan fingerprint density at radius 3 is 2.64 bits per heavy atom. The van der Waals surface area contributed by atoms with E-state index in [4.69, 9.17) is 16.3 Å². The molecule has 0 aliphatic carbocycles. The zero-order valence-corrected chi connectivity index (χ0v) is 17.2. The molecule has 25 heavy (non-hydrogen) atoms. The van der Waals surface area contributed by atoms with Crippen molar-refractivity contribution in [3.8, 4) is 0 Å². The molecule has 0 radical (unpaired) electrons. The van der Waals surface area contributed by atoms with E-state index in [1.165, 1.54) is 17.4 Å². The first-order valence-electron chi connectivity index (χ1n) is 7.47. The molecule has 0 saturated carbocycles. The first-order chi connectivity index (χ1) is 11.8. The van der Waals surface area contributed by atoms with E-state index >= 15 is 0 Å². The lowest BCUT2D eigenvalue weighted by molar-refractivity contribution is 0.187. The van der Waals surface area contributed by atoms with Crippen LogP contribution in [0.2, 0.25) is 4.34 Å². The third-order valence-electron chi connectivity index (χ3n) is 3.63. The smallest absolute Gasteiger partial charge is 0.294 e. The molecule has 0 spiro atoms. The Bertz CT molecular complexity index is 1090. The minimum atomic E-state index is -3.80. The fourth-order valence-corrected chi connectivity index (χ4v) is 6.34. The average molecular weight is 417 g/mol. The van der Waals surface area contributed by atoms with E-state index in [9.17, 15) is 8.42 Å². The third-order valence-corrected chi connectivity index (χ3v) is 7.95. The lowest BCUT2D eigenvalue weighted by atomic mass is 10.1. The Morgan fingerprint density at radius 1 is 1.24 bits per heavy atom. The molecule has 0 atom stereocenters. The van der Waals surface area contributed by atoms with Crippen molar-refractivity contribution in [1.82, 2.24) is 4.57 Å². The SMILES string of the molecule is COCCn1/c(=N/S(=O)(=O)c2ccc(Cl)s2)sc2c(C)cc(C)cc21. The number of fused-ring (bicyclic) bond motifs is 1. The van der Waals surface area contributed by atoms with Gasteiger partial charge in [-0.25, -0.2) is 0 Å². The van der Waals surface area contributed by atoms with Crippen molar-refractivity contribution in [3.63, 3.8) is 0 Å². The number of benzene rings is 1. The summed E-state index contributed by atoms with van der Waals surface area (Å²) < 4.78 is 38.0. The Balaban J connectivity index is 2.25. The predicted molar refractivity (Wildman–Crippen MR) is 103 cm³/mol. The minimum Gasteiger partial charge on any atom is -0.383 e. The molecule has 1 aromatic carbocycles. The molecular formula is C16H17ClN2O3S3. The number of halogens is 1. The van der Waals surface area contributed by atoms with Crippen molar-refractivity contribution >= 4 is 54.5 Å². The summed E-state index contributed by atoms with van der Waals surface area (Å²) in [4.78, 5) is 0.435. The molecule has 0 unspecified atom stereocenters. The summed E-state index contributed by atoms with van der Waals surface area (Å²) in [5, 5.41) is 0. The van der Waals surface area contributed by atoms with E-state index in [0.717, 1.165) is 32.7 Å². The van der Waals surface area contributed by atoms with Gasteiger partial charge in [0.15, 0.2) is 0 Å². The molecule has 3 aromatic rings. The lowest BCUT2D eigenvalue weighted by Gasteiger charge is -2.06. The maximum absolute atomic E-state index is 12.6. The van der Waals surface area contributed by atoms with Crippen LogP contribution in [0.25, 0.3) is 10.2 Å². The normalized spacial score (nSPS) is 13.0. The highest BCUT2D eigenvalue weighted by Crippen LogP contribution is 2.28. The highest BCUT2D eigenvalue weighted by Gasteiger charge is 2.17. The standard InChI is InChI=1S/C16H17ClN2O3S3/c1-10-8-11(2)15-12(9-10)19(6-7-22-3)16(24-15)18-25(20,21)14-5-4-13(17)23-14/h4-5,8-9H,6-7H2,1-3H3/b18-16-. The summed E-state index contributed by atoms with van der Waals surface area (Å²) in [6.07, 6.45) is 0. The van der Waals surface area contributed by atoms with Crippen molar-refractivity contribution in [1.29, 1.82) is 0 Å². The van der Waals surface area contributed by atoms with Gasteiger partial charge in [0.05, 0.1) is 21.2 Å². The molecule has 2 heterocycles. The molecule has 0 N–H and O–H groups in total. The van der Waals surface area contributed by atoms with Crippen LogP contribution < -0.4 is 4.80 Å². The molecule has 134 valence electrons. The number of aromatic nitrogens is 1. The fraction of sp³-hybridized carbons (Fsp3) is 0.312. The quantitative estimate of drug-likeness (QED) is 0.632. The van der Waals surface area contributed by atoms with Crippen LogP contribution in [0.1, 0.15) is 11.1 Å². The number of ether oxygens (including phenoxy) is 1. The Hall–Kier alpha value is -1.19. The number of rotatable bonds is 5. The molecule has 0 amide bonds. The van der Waals surface area contributed by atoms with E-state index in [2.05, 4.69) is 10.5 Å². The lowest BCUT2D eigenvalue weighted by Crippen LogP contribution is -2.19. The third kappa shape index (κ3) is 3.83. The number of nitrogens with zero attached hydrogens (tertiary/aromatic N) is 2. The topological polar surface area (TPSA) is 60.7 Å². The molecule has 0 aliphatic rings. The number of sulfonamides is 1. The second kappa shape index (κ2) is 7.20. The van der Waals surface area contributed by atoms with Crippen molar-refractivity contribution in [2.24, 2.45) is 4.40 Å². The van der Waals surface area contributed by atoms with E-state index in [1.807, 2.05) is 24.5 Å². The molecule has 0 fully saturated rings. The summed E-state index contributed by atoms with van der Waals surface area (Å²) in [5.74, 6) is 0. The second-order valence-electron chi connectivity index (χ2n) is 5.58. The first kappa shape index (κ1) is 18.6. The molecule has 2 aromatic heterocycles. The van der Waals surface area contributed by atoms with Gasteiger partial charge in [0.25, 0.3) is 10.0 Å². The molecule has 0 aliphatic heterocycles. The van der Waals surface area contributed by atoms with E-state index in [-0.39, 0.29) is 4.21 Å². The molecule has 0 saturated heterocycles. The first-order valence-corrected chi connectivity index (χ1v) is 10.9. The zero-order valence-electron chi connectivity index (χ0n) is 13.9. The van der Waals surface area contributed by atoms with E-state index in [0.29, 0.717) is 22.3 Å². The maximum atomic E-state index is 12.6. The van der Waals surface area contributed by atoms with Crippen LogP contribution in [0.4, 0.5) is 0 Å². The summed E-state index contributed by atoms with van der Waals surface area (Å²) in [5.41, 5.74) is 3.19. The molecular weight excluding hydrogens is 400 g/mol. The summed E-state index contributed by atoms with van der Waals surface area (Å²) in [6, 6.07) is 7.17.